The predicted octanol–water partition coefficient (Wildman–Crippen LogP) is 3.73. The third-order valence-corrected chi connectivity index (χ3v) is 3.24. The molecule has 0 N–H and O–H groups in total. The molecule has 0 aliphatic rings. The van der Waals surface area contributed by atoms with E-state index >= 15 is 0 Å². The molecule has 1 nitrogen and oxygen atoms in total. The Bertz CT molecular complexity index is 429. The van der Waals surface area contributed by atoms with Crippen molar-refractivity contribution in [3.63, 3.8) is 0 Å². The van der Waals surface area contributed by atoms with Gasteiger partial charge in [0.15, 0.2) is 0 Å². The monoisotopic (exact) mass is 191 g/mol. The topological polar surface area (TPSA) is 12.9 Å². The van der Waals surface area contributed by atoms with Crippen LogP contribution in [0.3, 0.4) is 0 Å². The Morgan fingerprint density at radius 2 is 2.08 bits per heavy atom. The van der Waals surface area contributed by atoms with E-state index in [-0.39, 0.29) is 0 Å². The summed E-state index contributed by atoms with van der Waals surface area (Å²) in [7, 11) is 0. The summed E-state index contributed by atoms with van der Waals surface area (Å²) in [4.78, 5) is 0. The smallest absolute Gasteiger partial charge is 0.0589 e. The molecular formula is C11H13NS. The van der Waals surface area contributed by atoms with E-state index in [0.29, 0.717) is 5.92 Å². The normalized spacial score (nSPS) is 11.4. The molecule has 0 bridgehead atoms. The van der Waals surface area contributed by atoms with Crippen LogP contribution in [0.15, 0.2) is 18.2 Å². The quantitative estimate of drug-likeness (QED) is 0.669. The first-order valence-electron chi connectivity index (χ1n) is 4.54. The molecule has 0 atom stereocenters. The first-order chi connectivity index (χ1) is 6.18. The number of rotatable bonds is 1. The molecule has 0 saturated heterocycles. The predicted molar refractivity (Wildman–Crippen MR) is 58.4 cm³/mol. The average molecular weight is 191 g/mol. The van der Waals surface area contributed by atoms with E-state index in [1.807, 2.05) is 0 Å². The third kappa shape index (κ3) is 1.46. The average Bonchev–Trinajstić information content (AvgIpc) is 2.47. The van der Waals surface area contributed by atoms with Crippen molar-refractivity contribution in [3.8, 4) is 0 Å². The summed E-state index contributed by atoms with van der Waals surface area (Å²) in [5.74, 6) is 0.604. The molecule has 0 fully saturated rings. The van der Waals surface area contributed by atoms with Gasteiger partial charge in [-0.05, 0) is 36.0 Å². The van der Waals surface area contributed by atoms with E-state index in [9.17, 15) is 0 Å². The van der Waals surface area contributed by atoms with Crippen LogP contribution in [0, 0.1) is 6.92 Å². The molecule has 0 radical (unpaired) electrons. The third-order valence-electron chi connectivity index (χ3n) is 2.34. The van der Waals surface area contributed by atoms with Gasteiger partial charge < -0.3 is 0 Å². The number of aromatic nitrogens is 1. The minimum atomic E-state index is 0.604. The van der Waals surface area contributed by atoms with Crippen LogP contribution in [0.25, 0.3) is 10.1 Å². The van der Waals surface area contributed by atoms with Gasteiger partial charge in [-0.3, -0.25) is 0 Å². The highest BCUT2D eigenvalue weighted by Gasteiger charge is 2.04. The van der Waals surface area contributed by atoms with Crippen LogP contribution >= 0.6 is 11.5 Å². The van der Waals surface area contributed by atoms with Crippen LogP contribution in [0.4, 0.5) is 0 Å². The molecule has 1 aromatic carbocycles. The van der Waals surface area contributed by atoms with Crippen LogP contribution in [0.1, 0.15) is 31.0 Å². The molecule has 0 amide bonds. The number of hydrogen-bond acceptors (Lipinski definition) is 2. The van der Waals surface area contributed by atoms with Crippen LogP contribution in [-0.4, -0.2) is 4.37 Å². The Morgan fingerprint density at radius 3 is 2.77 bits per heavy atom. The maximum absolute atomic E-state index is 4.34. The van der Waals surface area contributed by atoms with Crippen molar-refractivity contribution in [2.24, 2.45) is 0 Å². The zero-order valence-corrected chi connectivity index (χ0v) is 8.98. The zero-order valence-electron chi connectivity index (χ0n) is 8.16. The van der Waals surface area contributed by atoms with Crippen LogP contribution in [0.5, 0.6) is 0 Å². The number of aryl methyl sites for hydroxylation is 1. The second kappa shape index (κ2) is 3.11. The minimum Gasteiger partial charge on any atom is -0.197 e. The summed E-state index contributed by atoms with van der Waals surface area (Å²) < 4.78 is 5.65. The highest BCUT2D eigenvalue weighted by atomic mass is 32.1. The Balaban J connectivity index is 2.63. The summed E-state index contributed by atoms with van der Waals surface area (Å²) in [5.41, 5.74) is 2.55. The Kier molecular flexibility index (Phi) is 2.08. The summed E-state index contributed by atoms with van der Waals surface area (Å²) in [6, 6.07) is 6.64. The lowest BCUT2D eigenvalue weighted by atomic mass is 10.0. The highest BCUT2D eigenvalue weighted by Crippen LogP contribution is 2.26. The van der Waals surface area contributed by atoms with Crippen molar-refractivity contribution in [3.05, 3.63) is 29.5 Å². The molecule has 0 aliphatic carbocycles. The molecular weight excluding hydrogens is 178 g/mol. The van der Waals surface area contributed by atoms with Gasteiger partial charge >= 0.3 is 0 Å². The van der Waals surface area contributed by atoms with Crippen LogP contribution in [-0.2, 0) is 0 Å². The molecule has 13 heavy (non-hydrogen) atoms. The molecule has 1 aromatic heterocycles. The van der Waals surface area contributed by atoms with Crippen molar-refractivity contribution in [1.82, 2.24) is 4.37 Å². The van der Waals surface area contributed by atoms with Gasteiger partial charge in [-0.1, -0.05) is 26.0 Å². The minimum absolute atomic E-state index is 0.604. The largest absolute Gasteiger partial charge is 0.197 e. The Labute approximate surface area is 82.6 Å². The van der Waals surface area contributed by atoms with Crippen molar-refractivity contribution in [2.45, 2.75) is 26.7 Å². The Morgan fingerprint density at radius 1 is 1.31 bits per heavy atom. The summed E-state index contributed by atoms with van der Waals surface area (Å²) >= 11 is 1.60. The van der Waals surface area contributed by atoms with E-state index in [1.54, 1.807) is 11.5 Å². The fourth-order valence-electron chi connectivity index (χ4n) is 1.44. The van der Waals surface area contributed by atoms with Gasteiger partial charge in [0.05, 0.1) is 10.4 Å². The first kappa shape index (κ1) is 8.70. The molecule has 2 heteroatoms. The van der Waals surface area contributed by atoms with Gasteiger partial charge in [0.25, 0.3) is 0 Å². The second-order valence-electron chi connectivity index (χ2n) is 3.68. The maximum Gasteiger partial charge on any atom is 0.0589 e. The van der Waals surface area contributed by atoms with Crippen LogP contribution < -0.4 is 0 Å². The molecule has 0 saturated carbocycles. The number of fused-ring (bicyclic) bond motifs is 1. The fourth-order valence-corrected chi connectivity index (χ4v) is 2.28. The zero-order chi connectivity index (χ0) is 9.42. The summed E-state index contributed by atoms with van der Waals surface area (Å²) in [5, 5.41) is 1.30. The number of hydrogen-bond donors (Lipinski definition) is 0. The molecule has 0 unspecified atom stereocenters. The van der Waals surface area contributed by atoms with E-state index in [4.69, 9.17) is 0 Å². The lowest BCUT2D eigenvalue weighted by Crippen LogP contribution is -1.85. The van der Waals surface area contributed by atoms with E-state index in [0.717, 1.165) is 5.69 Å². The maximum atomic E-state index is 4.34. The number of benzene rings is 1. The van der Waals surface area contributed by atoms with Crippen molar-refractivity contribution in [2.75, 3.05) is 0 Å². The van der Waals surface area contributed by atoms with Crippen LogP contribution in [0.2, 0.25) is 0 Å². The second-order valence-corrected chi connectivity index (χ2v) is 4.48. The highest BCUT2D eigenvalue weighted by molar-refractivity contribution is 7.13. The standard InChI is InChI=1S/C11H13NS/c1-7(2)9-4-5-10-8(3)12-13-11(10)6-9/h4-7H,1-3H3. The van der Waals surface area contributed by atoms with Crippen molar-refractivity contribution >= 4 is 21.6 Å². The molecule has 68 valence electrons. The van der Waals surface area contributed by atoms with E-state index in [1.165, 1.54) is 15.6 Å². The lowest BCUT2D eigenvalue weighted by Gasteiger charge is -2.03. The molecule has 0 aliphatic heterocycles. The number of nitrogens with zero attached hydrogens (tertiary/aromatic N) is 1. The molecule has 2 rings (SSSR count). The van der Waals surface area contributed by atoms with Crippen molar-refractivity contribution < 1.29 is 0 Å². The van der Waals surface area contributed by atoms with Crippen molar-refractivity contribution in [1.29, 1.82) is 0 Å². The summed E-state index contributed by atoms with van der Waals surface area (Å²) in [6.45, 7) is 6.50. The lowest BCUT2D eigenvalue weighted by molar-refractivity contribution is 0.869. The SMILES string of the molecule is Cc1nsc2cc(C(C)C)ccc12. The van der Waals surface area contributed by atoms with Gasteiger partial charge in [0.1, 0.15) is 0 Å². The fraction of sp³-hybridized carbons (Fsp3) is 0.364. The Hall–Kier alpha value is -0.890. The molecule has 0 spiro atoms. The van der Waals surface area contributed by atoms with Gasteiger partial charge in [-0.2, -0.15) is 4.37 Å². The van der Waals surface area contributed by atoms with Gasteiger partial charge in [-0.25, -0.2) is 0 Å². The van der Waals surface area contributed by atoms with E-state index in [2.05, 4.69) is 43.3 Å². The van der Waals surface area contributed by atoms with Gasteiger partial charge in [0, 0.05) is 5.39 Å². The van der Waals surface area contributed by atoms with Gasteiger partial charge in [-0.15, -0.1) is 0 Å². The van der Waals surface area contributed by atoms with Gasteiger partial charge in [0.2, 0.25) is 0 Å². The molecule has 1 heterocycles. The first-order valence-corrected chi connectivity index (χ1v) is 5.32. The summed E-state index contributed by atoms with van der Waals surface area (Å²) in [6.07, 6.45) is 0. The van der Waals surface area contributed by atoms with E-state index < -0.39 is 0 Å². The molecule has 2 aromatic rings.